The summed E-state index contributed by atoms with van der Waals surface area (Å²) in [6.07, 6.45) is 3.18. The number of fused-ring (bicyclic) bond motifs is 6. The minimum absolute atomic E-state index is 0.331. The average Bonchev–Trinajstić information content (AvgIpc) is 3.60. The van der Waals surface area contributed by atoms with E-state index in [9.17, 15) is 9.59 Å². The van der Waals surface area contributed by atoms with Gasteiger partial charge in [0.1, 0.15) is 11.5 Å². The van der Waals surface area contributed by atoms with E-state index in [0.717, 1.165) is 22.4 Å². The number of anilines is 2. The molecule has 7 heteroatoms. The van der Waals surface area contributed by atoms with Gasteiger partial charge in [-0.1, -0.05) is 121 Å². The van der Waals surface area contributed by atoms with Crippen molar-refractivity contribution in [3.05, 3.63) is 172 Å². The molecule has 6 nitrogen and oxygen atoms in total. The molecule has 3 heterocycles. The van der Waals surface area contributed by atoms with Crippen LogP contribution in [-0.4, -0.2) is 29.7 Å². The van der Waals surface area contributed by atoms with Gasteiger partial charge in [0.15, 0.2) is 11.9 Å². The number of ketones is 1. The highest BCUT2D eigenvalue weighted by Crippen LogP contribution is 2.58. The fraction of sp³-hybridized carbons (Fsp3) is 0.125. The maximum absolute atomic E-state index is 15.0. The summed E-state index contributed by atoms with van der Waals surface area (Å²) in [5.41, 5.74) is 3.43. The number of rotatable bonds is 6. The van der Waals surface area contributed by atoms with Crippen LogP contribution >= 0.6 is 11.6 Å². The van der Waals surface area contributed by atoms with E-state index in [4.69, 9.17) is 16.3 Å². The number of ether oxygens (including phenoxy) is 1. The quantitative estimate of drug-likeness (QED) is 0.153. The largest absolute Gasteiger partial charge is 0.451 e. The van der Waals surface area contributed by atoms with Crippen molar-refractivity contribution in [1.82, 2.24) is 0 Å². The van der Waals surface area contributed by atoms with Crippen molar-refractivity contribution in [2.75, 3.05) is 10.2 Å². The Hall–Kier alpha value is -5.46. The molecular weight excluding hydrogens is 608 g/mol. The third-order valence-corrected chi connectivity index (χ3v) is 9.89. The zero-order valence-corrected chi connectivity index (χ0v) is 25.9. The first-order valence-electron chi connectivity index (χ1n) is 15.5. The summed E-state index contributed by atoms with van der Waals surface area (Å²) in [7, 11) is 0. The Morgan fingerprint density at radius 2 is 1.38 bits per heavy atom. The molecule has 4 atom stereocenters. The number of benzene rings is 5. The highest BCUT2D eigenvalue weighted by molar-refractivity contribution is 6.30. The Kier molecular flexibility index (Phi) is 7.03. The van der Waals surface area contributed by atoms with E-state index in [1.165, 1.54) is 0 Å². The number of carbonyl (C=O) groups is 3. The molecule has 0 radical (unpaired) electrons. The van der Waals surface area contributed by atoms with E-state index < -0.39 is 35.5 Å². The predicted molar refractivity (Wildman–Crippen MR) is 182 cm³/mol. The first-order chi connectivity index (χ1) is 23.0. The molecule has 1 N–H and O–H groups in total. The number of nitrogens with zero attached hydrogens (tertiary/aromatic N) is 1. The third kappa shape index (κ3) is 4.51. The maximum Gasteiger partial charge on any atom is 0.330 e. The van der Waals surface area contributed by atoms with Crippen LogP contribution in [0.25, 0.3) is 6.08 Å². The van der Waals surface area contributed by atoms with Crippen molar-refractivity contribution in [2.24, 2.45) is 5.92 Å². The topological polar surface area (TPSA) is 75.7 Å². The van der Waals surface area contributed by atoms with Crippen LogP contribution in [0.4, 0.5) is 11.4 Å². The lowest BCUT2D eigenvalue weighted by Gasteiger charge is -2.37. The number of hydrogen-bond acceptors (Lipinski definition) is 5. The van der Waals surface area contributed by atoms with Gasteiger partial charge in [0.25, 0.3) is 0 Å². The van der Waals surface area contributed by atoms with Gasteiger partial charge in [0.2, 0.25) is 5.91 Å². The number of carbonyl (C=O) groups excluding carboxylic acids is 3. The Labute approximate surface area is 277 Å². The number of hydrogen-bond donors (Lipinski definition) is 1. The zero-order valence-electron chi connectivity index (χ0n) is 25.1. The summed E-state index contributed by atoms with van der Waals surface area (Å²) in [4.78, 5) is 46.5. The monoisotopic (exact) mass is 636 g/mol. The molecule has 230 valence electrons. The molecular formula is C40H29ClN2O4. The fourth-order valence-corrected chi connectivity index (χ4v) is 7.78. The normalized spacial score (nSPS) is 22.0. The Morgan fingerprint density at radius 1 is 0.766 bits per heavy atom. The van der Waals surface area contributed by atoms with E-state index in [2.05, 4.69) is 5.32 Å². The highest BCUT2D eigenvalue weighted by Gasteiger charge is 2.71. The lowest BCUT2D eigenvalue weighted by atomic mass is 9.64. The van der Waals surface area contributed by atoms with Crippen molar-refractivity contribution in [3.8, 4) is 0 Å². The SMILES string of the molecule is O=C(OC(c1ccccc1)c1ccccc1)[C@@H]1[C@H](C(=O)c2ccc(Cl)cc2)[C@]2(C(=O)Nc3ccccc32)[C@@H]2C=Cc3ccccc3N12. The molecule has 0 saturated carbocycles. The maximum atomic E-state index is 15.0. The van der Waals surface area contributed by atoms with Gasteiger partial charge in [-0.3, -0.25) is 9.59 Å². The van der Waals surface area contributed by atoms with Crippen LogP contribution in [0.3, 0.4) is 0 Å². The summed E-state index contributed by atoms with van der Waals surface area (Å²) in [5, 5.41) is 3.54. The van der Waals surface area contributed by atoms with Crippen LogP contribution in [0.15, 0.2) is 140 Å². The average molecular weight is 637 g/mol. The molecule has 3 aliphatic rings. The van der Waals surface area contributed by atoms with Crippen molar-refractivity contribution in [1.29, 1.82) is 0 Å². The van der Waals surface area contributed by atoms with Gasteiger partial charge in [-0.05, 0) is 58.7 Å². The molecule has 3 aliphatic heterocycles. The number of esters is 1. The van der Waals surface area contributed by atoms with Gasteiger partial charge < -0.3 is 15.0 Å². The Balaban J connectivity index is 1.35. The van der Waals surface area contributed by atoms with E-state index >= 15 is 4.79 Å². The van der Waals surface area contributed by atoms with Crippen molar-refractivity contribution >= 4 is 46.7 Å². The number of halogens is 1. The molecule has 5 aromatic carbocycles. The first kappa shape index (κ1) is 29.0. The Bertz CT molecular complexity index is 2010. The minimum Gasteiger partial charge on any atom is -0.451 e. The smallest absolute Gasteiger partial charge is 0.330 e. The van der Waals surface area contributed by atoms with E-state index in [1.54, 1.807) is 24.3 Å². The summed E-state index contributed by atoms with van der Waals surface area (Å²) in [6.45, 7) is 0. The number of para-hydroxylation sites is 2. The van der Waals surface area contributed by atoms with Crippen molar-refractivity contribution < 1.29 is 19.1 Å². The number of amides is 1. The second kappa shape index (κ2) is 11.4. The second-order valence-electron chi connectivity index (χ2n) is 12.1. The standard InChI is InChI=1S/C40H29ClN2O4/c41-29-22-19-26(20-23-29)36(44)34-35(38(45)47-37(27-12-3-1-4-13-27)28-14-5-2-6-15-28)43-32-18-10-7-11-25(32)21-24-33(43)40(34)30-16-8-9-17-31(30)42-39(40)46/h1-24,33-35,37H,(H,42,46)/t33-,34+,35-,40+/m0/s1. The van der Waals surface area contributed by atoms with Crippen molar-refractivity contribution in [2.45, 2.75) is 23.6 Å². The summed E-state index contributed by atoms with van der Waals surface area (Å²) >= 11 is 6.23. The van der Waals surface area contributed by atoms with Gasteiger partial charge in [0, 0.05) is 22.0 Å². The molecule has 8 rings (SSSR count). The van der Waals surface area contributed by atoms with Gasteiger partial charge in [-0.15, -0.1) is 0 Å². The predicted octanol–water partition coefficient (Wildman–Crippen LogP) is 7.65. The van der Waals surface area contributed by atoms with E-state index in [0.29, 0.717) is 21.8 Å². The minimum atomic E-state index is -1.43. The molecule has 1 amide bonds. The fourth-order valence-electron chi connectivity index (χ4n) is 7.66. The van der Waals surface area contributed by atoms with Crippen LogP contribution in [0.1, 0.15) is 38.7 Å². The highest BCUT2D eigenvalue weighted by atomic mass is 35.5. The second-order valence-corrected chi connectivity index (χ2v) is 12.5. The van der Waals surface area contributed by atoms with Gasteiger partial charge in [0.05, 0.1) is 12.0 Å². The number of nitrogens with one attached hydrogen (secondary N) is 1. The molecule has 5 aromatic rings. The first-order valence-corrected chi connectivity index (χ1v) is 15.9. The lowest BCUT2D eigenvalue weighted by Crippen LogP contribution is -2.51. The van der Waals surface area contributed by atoms with Crippen LogP contribution in [-0.2, 0) is 19.7 Å². The van der Waals surface area contributed by atoms with E-state index in [1.807, 2.05) is 126 Å². The molecule has 47 heavy (non-hydrogen) atoms. The van der Waals surface area contributed by atoms with Gasteiger partial charge >= 0.3 is 5.97 Å². The zero-order chi connectivity index (χ0) is 32.1. The van der Waals surface area contributed by atoms with Crippen LogP contribution in [0.5, 0.6) is 0 Å². The summed E-state index contributed by atoms with van der Waals surface area (Å²) in [6, 6.07) is 39.0. The number of Topliss-reactive ketones (excluding diaryl/α,β-unsaturated/α-hetero) is 1. The molecule has 0 aliphatic carbocycles. The Morgan fingerprint density at radius 3 is 2.09 bits per heavy atom. The van der Waals surface area contributed by atoms with Crippen LogP contribution in [0.2, 0.25) is 5.02 Å². The van der Waals surface area contributed by atoms with Crippen LogP contribution in [0, 0.1) is 5.92 Å². The van der Waals surface area contributed by atoms with Gasteiger partial charge in [-0.25, -0.2) is 4.79 Å². The molecule has 0 bridgehead atoms. The molecule has 0 aromatic heterocycles. The molecule has 0 unspecified atom stereocenters. The molecule has 1 fully saturated rings. The summed E-state index contributed by atoms with van der Waals surface area (Å²) < 4.78 is 6.52. The lowest BCUT2D eigenvalue weighted by molar-refractivity contribution is -0.150. The third-order valence-electron chi connectivity index (χ3n) is 9.63. The molecule has 1 saturated heterocycles. The van der Waals surface area contributed by atoms with Crippen LogP contribution < -0.4 is 10.2 Å². The van der Waals surface area contributed by atoms with Gasteiger partial charge in [-0.2, -0.15) is 0 Å². The summed E-state index contributed by atoms with van der Waals surface area (Å²) in [5.74, 6) is -2.42. The van der Waals surface area contributed by atoms with E-state index in [-0.39, 0.29) is 11.7 Å². The van der Waals surface area contributed by atoms with Crippen molar-refractivity contribution in [3.63, 3.8) is 0 Å². The molecule has 1 spiro atoms.